The molecule has 2 aliphatic heterocycles. The third-order valence-corrected chi connectivity index (χ3v) is 5.30. The number of likely N-dealkylation sites (N-methyl/N-ethyl adjacent to an activating group) is 1. The first-order valence-corrected chi connectivity index (χ1v) is 7.86. The Morgan fingerprint density at radius 3 is 2.33 bits per heavy atom. The third kappa shape index (κ3) is 2.54. The van der Waals surface area contributed by atoms with Gasteiger partial charge < -0.3 is 14.2 Å². The molecule has 3 rings (SSSR count). The highest BCUT2D eigenvalue weighted by molar-refractivity contribution is 6.62. The minimum Gasteiger partial charge on any atom is -0.399 e. The second-order valence-corrected chi connectivity index (χ2v) is 7.55. The molecule has 0 N–H and O–H groups in total. The minimum atomic E-state index is -0.276. The van der Waals surface area contributed by atoms with E-state index in [0.29, 0.717) is 0 Å². The molecule has 1 saturated heterocycles. The Bertz CT molecular complexity index is 552. The summed E-state index contributed by atoms with van der Waals surface area (Å²) in [5.74, 6) is 0. The first kappa shape index (κ1) is 15.1. The Morgan fingerprint density at radius 2 is 1.71 bits per heavy atom. The largest absolute Gasteiger partial charge is 0.494 e. The van der Waals surface area contributed by atoms with Gasteiger partial charge in [-0.1, -0.05) is 12.1 Å². The lowest BCUT2D eigenvalue weighted by molar-refractivity contribution is 0.00578. The summed E-state index contributed by atoms with van der Waals surface area (Å²) in [6.45, 7) is 12.8. The van der Waals surface area contributed by atoms with Gasteiger partial charge in [0.1, 0.15) is 0 Å². The van der Waals surface area contributed by atoms with Crippen LogP contribution in [0.1, 0.15) is 44.4 Å². The van der Waals surface area contributed by atoms with Gasteiger partial charge in [-0.25, -0.2) is 0 Å². The fourth-order valence-electron chi connectivity index (χ4n) is 3.15. The second-order valence-electron chi connectivity index (χ2n) is 7.55. The van der Waals surface area contributed by atoms with Gasteiger partial charge in [-0.05, 0) is 70.2 Å². The van der Waals surface area contributed by atoms with E-state index < -0.39 is 0 Å². The second kappa shape index (κ2) is 4.84. The zero-order valence-corrected chi connectivity index (χ0v) is 14.1. The molecule has 1 fully saturated rings. The number of hydrogen-bond acceptors (Lipinski definition) is 3. The van der Waals surface area contributed by atoms with Crippen molar-refractivity contribution >= 4 is 12.6 Å². The molecular formula is C17H26BNO2. The van der Waals surface area contributed by atoms with Crippen molar-refractivity contribution in [2.45, 2.75) is 58.8 Å². The van der Waals surface area contributed by atoms with Gasteiger partial charge in [0.25, 0.3) is 0 Å². The fourth-order valence-corrected chi connectivity index (χ4v) is 3.15. The first-order chi connectivity index (χ1) is 9.69. The summed E-state index contributed by atoms with van der Waals surface area (Å²) in [4.78, 5) is 2.38. The monoisotopic (exact) mass is 287 g/mol. The Kier molecular flexibility index (Phi) is 3.47. The lowest BCUT2D eigenvalue weighted by Gasteiger charge is -2.32. The number of fused-ring (bicyclic) bond motifs is 1. The molecule has 0 unspecified atom stereocenters. The van der Waals surface area contributed by atoms with Crippen LogP contribution in [0.3, 0.4) is 0 Å². The summed E-state index contributed by atoms with van der Waals surface area (Å²) in [5.41, 5.74) is 4.89. The quantitative estimate of drug-likeness (QED) is 0.740. The average molecular weight is 287 g/mol. The molecule has 4 heteroatoms. The van der Waals surface area contributed by atoms with E-state index in [4.69, 9.17) is 9.31 Å². The third-order valence-electron chi connectivity index (χ3n) is 5.30. The predicted octanol–water partition coefficient (Wildman–Crippen LogP) is 2.28. The summed E-state index contributed by atoms with van der Waals surface area (Å²) in [5, 5.41) is 0. The number of hydrogen-bond donors (Lipinski definition) is 0. The minimum absolute atomic E-state index is 0.251. The van der Waals surface area contributed by atoms with Crippen LogP contribution in [-0.2, 0) is 22.3 Å². The highest BCUT2D eigenvalue weighted by Gasteiger charge is 2.51. The number of rotatable bonds is 1. The Morgan fingerprint density at radius 1 is 1.10 bits per heavy atom. The molecule has 0 spiro atoms. The van der Waals surface area contributed by atoms with E-state index in [0.717, 1.165) is 25.0 Å². The van der Waals surface area contributed by atoms with Gasteiger partial charge in [-0.3, -0.25) is 0 Å². The van der Waals surface area contributed by atoms with Crippen molar-refractivity contribution in [1.82, 2.24) is 4.90 Å². The molecule has 1 aromatic rings. The molecule has 0 aromatic heterocycles. The molecule has 0 aliphatic carbocycles. The van der Waals surface area contributed by atoms with E-state index in [9.17, 15) is 0 Å². The molecule has 0 amide bonds. The zero-order chi connectivity index (χ0) is 15.4. The Labute approximate surface area is 128 Å². The van der Waals surface area contributed by atoms with Crippen molar-refractivity contribution in [2.24, 2.45) is 0 Å². The van der Waals surface area contributed by atoms with Crippen LogP contribution in [0.15, 0.2) is 12.1 Å². The smallest absolute Gasteiger partial charge is 0.399 e. The summed E-state index contributed by atoms with van der Waals surface area (Å²) < 4.78 is 12.4. The molecule has 114 valence electrons. The van der Waals surface area contributed by atoms with Crippen molar-refractivity contribution in [3.63, 3.8) is 0 Å². The molecule has 1 aromatic carbocycles. The lowest BCUT2D eigenvalue weighted by atomic mass is 9.75. The zero-order valence-electron chi connectivity index (χ0n) is 14.1. The highest BCUT2D eigenvalue weighted by Crippen LogP contribution is 2.36. The van der Waals surface area contributed by atoms with Gasteiger partial charge in [0, 0.05) is 13.1 Å². The van der Waals surface area contributed by atoms with Crippen LogP contribution in [0.25, 0.3) is 0 Å². The Hall–Kier alpha value is -0.835. The van der Waals surface area contributed by atoms with E-state index in [2.05, 4.69) is 58.7 Å². The lowest BCUT2D eigenvalue weighted by Crippen LogP contribution is -2.41. The summed E-state index contributed by atoms with van der Waals surface area (Å²) >= 11 is 0. The van der Waals surface area contributed by atoms with Crippen LogP contribution in [0.5, 0.6) is 0 Å². The maximum atomic E-state index is 6.18. The maximum absolute atomic E-state index is 6.18. The van der Waals surface area contributed by atoms with Gasteiger partial charge in [0.2, 0.25) is 0 Å². The summed E-state index contributed by atoms with van der Waals surface area (Å²) in [6, 6.07) is 4.53. The highest BCUT2D eigenvalue weighted by atomic mass is 16.7. The van der Waals surface area contributed by atoms with E-state index in [1.807, 2.05) is 0 Å². The van der Waals surface area contributed by atoms with Gasteiger partial charge in [-0.2, -0.15) is 0 Å². The summed E-state index contributed by atoms with van der Waals surface area (Å²) in [7, 11) is 1.93. The Balaban J connectivity index is 1.93. The van der Waals surface area contributed by atoms with Crippen molar-refractivity contribution in [3.05, 3.63) is 28.8 Å². The van der Waals surface area contributed by atoms with Crippen LogP contribution in [0.4, 0.5) is 0 Å². The van der Waals surface area contributed by atoms with Crippen molar-refractivity contribution in [3.8, 4) is 0 Å². The van der Waals surface area contributed by atoms with E-state index in [1.165, 1.54) is 16.7 Å². The SMILES string of the molecule is Cc1cc(B2OC(C)(C)C(C)(C)O2)cc2c1CN(C)CC2. The van der Waals surface area contributed by atoms with Crippen LogP contribution in [-0.4, -0.2) is 36.8 Å². The van der Waals surface area contributed by atoms with Gasteiger partial charge >= 0.3 is 7.12 Å². The molecule has 2 heterocycles. The standard InChI is InChI=1S/C17H26BNO2/c1-12-9-14(10-13-7-8-19(6)11-15(12)13)18-20-16(2,3)17(4,5)21-18/h9-10H,7-8,11H2,1-6H3. The molecule has 21 heavy (non-hydrogen) atoms. The topological polar surface area (TPSA) is 21.7 Å². The molecule has 0 bridgehead atoms. The molecule has 2 aliphatic rings. The molecule has 0 radical (unpaired) electrons. The average Bonchev–Trinajstić information content (AvgIpc) is 2.59. The molecule has 0 atom stereocenters. The van der Waals surface area contributed by atoms with Crippen LogP contribution in [0, 0.1) is 6.92 Å². The van der Waals surface area contributed by atoms with Gasteiger partial charge in [0.15, 0.2) is 0 Å². The first-order valence-electron chi connectivity index (χ1n) is 7.86. The fraction of sp³-hybridized carbons (Fsp3) is 0.647. The van der Waals surface area contributed by atoms with Crippen molar-refractivity contribution in [2.75, 3.05) is 13.6 Å². The number of aryl methyl sites for hydroxylation is 1. The number of nitrogens with zero attached hydrogens (tertiary/aromatic N) is 1. The summed E-state index contributed by atoms with van der Waals surface area (Å²) in [6.07, 6.45) is 1.11. The maximum Gasteiger partial charge on any atom is 0.494 e. The van der Waals surface area contributed by atoms with E-state index in [-0.39, 0.29) is 18.3 Å². The van der Waals surface area contributed by atoms with Crippen LogP contribution >= 0.6 is 0 Å². The predicted molar refractivity (Wildman–Crippen MR) is 86.9 cm³/mol. The normalized spacial score (nSPS) is 24.2. The number of benzene rings is 1. The molecule has 3 nitrogen and oxygen atoms in total. The van der Waals surface area contributed by atoms with Gasteiger partial charge in [0.05, 0.1) is 11.2 Å². The van der Waals surface area contributed by atoms with Gasteiger partial charge in [-0.15, -0.1) is 0 Å². The van der Waals surface area contributed by atoms with Crippen molar-refractivity contribution < 1.29 is 9.31 Å². The molecular weight excluding hydrogens is 261 g/mol. The molecule has 0 saturated carbocycles. The van der Waals surface area contributed by atoms with Crippen LogP contribution < -0.4 is 5.46 Å². The van der Waals surface area contributed by atoms with E-state index in [1.54, 1.807) is 0 Å². The van der Waals surface area contributed by atoms with Crippen molar-refractivity contribution in [1.29, 1.82) is 0 Å². The van der Waals surface area contributed by atoms with E-state index >= 15 is 0 Å². The van der Waals surface area contributed by atoms with Crippen LogP contribution in [0.2, 0.25) is 0 Å².